The van der Waals surface area contributed by atoms with Gasteiger partial charge in [-0.05, 0) is 12.8 Å². The Balaban J connectivity index is 1.84. The van der Waals surface area contributed by atoms with Gasteiger partial charge in [0.2, 0.25) is 0 Å². The molecule has 0 saturated heterocycles. The topological polar surface area (TPSA) is 69.8 Å². The molecule has 0 bridgehead atoms. The van der Waals surface area contributed by atoms with Crippen LogP contribution < -0.4 is 16.3 Å². The third kappa shape index (κ3) is 2.20. The Hall–Kier alpha value is -1.36. The fourth-order valence-corrected chi connectivity index (χ4v) is 2.76. The molecule has 0 aromatic carbocycles. The van der Waals surface area contributed by atoms with E-state index in [4.69, 9.17) is 0 Å². The van der Waals surface area contributed by atoms with Gasteiger partial charge >= 0.3 is 5.69 Å². The molecule has 1 fully saturated rings. The molecular weight excluding hydrogens is 216 g/mol. The number of nitrogens with zero attached hydrogens (tertiary/aromatic N) is 1. The highest BCUT2D eigenvalue weighted by molar-refractivity contribution is 5.48. The molecule has 2 heterocycles. The molecule has 0 amide bonds. The van der Waals surface area contributed by atoms with E-state index in [2.05, 4.69) is 20.6 Å². The first-order valence-corrected chi connectivity index (χ1v) is 6.42. The zero-order chi connectivity index (χ0) is 11.7. The zero-order valence-electron chi connectivity index (χ0n) is 9.88. The summed E-state index contributed by atoms with van der Waals surface area (Å²) in [6.07, 6.45) is 6.27. The van der Waals surface area contributed by atoms with Crippen LogP contribution in [0.4, 0.5) is 5.82 Å². The van der Waals surface area contributed by atoms with Gasteiger partial charge in [-0.2, -0.15) is 4.98 Å². The second-order valence-corrected chi connectivity index (χ2v) is 4.93. The number of aromatic amines is 1. The standard InChI is InChI=1S/C12H18N4O/c17-12-15-10-7-13-6-9(10)11(16-12)14-8-4-2-1-3-5-8/h8,13H,1-7H2,(H2,14,15,16,17). The molecule has 0 spiro atoms. The number of hydrogen-bond acceptors (Lipinski definition) is 4. The quantitative estimate of drug-likeness (QED) is 0.717. The molecule has 5 heteroatoms. The zero-order valence-corrected chi connectivity index (χ0v) is 9.88. The van der Waals surface area contributed by atoms with Crippen molar-refractivity contribution in [2.45, 2.75) is 51.2 Å². The molecule has 1 aromatic heterocycles. The van der Waals surface area contributed by atoms with Gasteiger partial charge in [0.15, 0.2) is 0 Å². The summed E-state index contributed by atoms with van der Waals surface area (Å²) < 4.78 is 0. The van der Waals surface area contributed by atoms with Gasteiger partial charge in [0.1, 0.15) is 5.82 Å². The molecule has 1 aliphatic carbocycles. The number of rotatable bonds is 2. The van der Waals surface area contributed by atoms with Crippen LogP contribution in [0, 0.1) is 0 Å². The van der Waals surface area contributed by atoms with Gasteiger partial charge in [0.25, 0.3) is 0 Å². The lowest BCUT2D eigenvalue weighted by Crippen LogP contribution is -2.26. The summed E-state index contributed by atoms with van der Waals surface area (Å²) in [5.74, 6) is 0.792. The average molecular weight is 234 g/mol. The number of fused-ring (bicyclic) bond motifs is 1. The van der Waals surface area contributed by atoms with Crippen LogP contribution in [0.15, 0.2) is 4.79 Å². The Morgan fingerprint density at radius 2 is 2.00 bits per heavy atom. The molecule has 0 radical (unpaired) electrons. The van der Waals surface area contributed by atoms with Gasteiger partial charge in [-0.15, -0.1) is 0 Å². The first-order chi connectivity index (χ1) is 8.33. The van der Waals surface area contributed by atoms with Crippen LogP contribution >= 0.6 is 0 Å². The van der Waals surface area contributed by atoms with E-state index in [9.17, 15) is 4.79 Å². The molecule has 17 heavy (non-hydrogen) atoms. The summed E-state index contributed by atoms with van der Waals surface area (Å²) in [5, 5.41) is 6.69. The second-order valence-electron chi connectivity index (χ2n) is 4.93. The van der Waals surface area contributed by atoms with E-state index >= 15 is 0 Å². The number of H-pyrrole nitrogens is 1. The molecule has 0 unspecified atom stereocenters. The molecule has 1 aliphatic heterocycles. The Morgan fingerprint density at radius 1 is 1.18 bits per heavy atom. The van der Waals surface area contributed by atoms with Crippen molar-refractivity contribution in [1.29, 1.82) is 0 Å². The van der Waals surface area contributed by atoms with Crippen LogP contribution in [-0.2, 0) is 13.1 Å². The molecule has 2 aliphatic rings. The SMILES string of the molecule is O=c1nc(NC2CCCCC2)c2c([nH]1)CNC2. The van der Waals surface area contributed by atoms with Crippen molar-refractivity contribution in [2.24, 2.45) is 0 Å². The minimum absolute atomic E-state index is 0.245. The summed E-state index contributed by atoms with van der Waals surface area (Å²) in [6, 6.07) is 0.489. The minimum Gasteiger partial charge on any atom is -0.367 e. The number of anilines is 1. The lowest BCUT2D eigenvalue weighted by atomic mass is 9.95. The van der Waals surface area contributed by atoms with E-state index in [1.54, 1.807) is 0 Å². The van der Waals surface area contributed by atoms with Gasteiger partial charge < -0.3 is 15.6 Å². The summed E-state index contributed by atoms with van der Waals surface area (Å²) in [4.78, 5) is 18.3. The fourth-order valence-electron chi connectivity index (χ4n) is 2.76. The van der Waals surface area contributed by atoms with E-state index in [0.717, 1.165) is 30.2 Å². The van der Waals surface area contributed by atoms with Crippen molar-refractivity contribution in [2.75, 3.05) is 5.32 Å². The summed E-state index contributed by atoms with van der Waals surface area (Å²) in [5.41, 5.74) is 1.88. The molecule has 0 atom stereocenters. The van der Waals surface area contributed by atoms with E-state index in [-0.39, 0.29) is 5.69 Å². The van der Waals surface area contributed by atoms with E-state index < -0.39 is 0 Å². The average Bonchev–Trinajstić information content (AvgIpc) is 2.78. The Morgan fingerprint density at radius 3 is 2.82 bits per heavy atom. The third-order valence-corrected chi connectivity index (χ3v) is 3.67. The molecular formula is C12H18N4O. The smallest absolute Gasteiger partial charge is 0.347 e. The van der Waals surface area contributed by atoms with E-state index in [1.165, 1.54) is 32.1 Å². The monoisotopic (exact) mass is 234 g/mol. The minimum atomic E-state index is -0.245. The molecule has 92 valence electrons. The summed E-state index contributed by atoms with van der Waals surface area (Å²) >= 11 is 0. The maximum atomic E-state index is 11.5. The Labute approximate surface area is 100 Å². The molecule has 3 rings (SSSR count). The van der Waals surface area contributed by atoms with Crippen molar-refractivity contribution < 1.29 is 0 Å². The lowest BCUT2D eigenvalue weighted by molar-refractivity contribution is 0.461. The van der Waals surface area contributed by atoms with Crippen LogP contribution in [0.2, 0.25) is 0 Å². The molecule has 5 nitrogen and oxygen atoms in total. The number of hydrogen-bond donors (Lipinski definition) is 3. The Bertz CT molecular complexity index is 462. The van der Waals surface area contributed by atoms with Crippen molar-refractivity contribution in [3.63, 3.8) is 0 Å². The van der Waals surface area contributed by atoms with Gasteiger partial charge in [0.05, 0.1) is 0 Å². The first kappa shape index (κ1) is 10.8. The maximum Gasteiger partial charge on any atom is 0.347 e. The predicted octanol–water partition coefficient (Wildman–Crippen LogP) is 1.12. The molecule has 1 saturated carbocycles. The van der Waals surface area contributed by atoms with Gasteiger partial charge in [-0.25, -0.2) is 4.79 Å². The summed E-state index contributed by atoms with van der Waals surface area (Å²) in [6.45, 7) is 1.54. The van der Waals surface area contributed by atoms with Crippen LogP contribution in [0.1, 0.15) is 43.4 Å². The van der Waals surface area contributed by atoms with E-state index in [0.29, 0.717) is 6.04 Å². The first-order valence-electron chi connectivity index (χ1n) is 6.42. The predicted molar refractivity (Wildman–Crippen MR) is 65.9 cm³/mol. The van der Waals surface area contributed by atoms with Crippen molar-refractivity contribution >= 4 is 5.82 Å². The summed E-state index contributed by atoms with van der Waals surface area (Å²) in [7, 11) is 0. The van der Waals surface area contributed by atoms with Crippen molar-refractivity contribution in [3.05, 3.63) is 21.7 Å². The molecule has 1 aromatic rings. The normalized spacial score (nSPS) is 20.2. The maximum absolute atomic E-state index is 11.5. The van der Waals surface area contributed by atoms with Gasteiger partial charge in [-0.3, -0.25) is 0 Å². The number of nitrogens with one attached hydrogen (secondary N) is 3. The lowest BCUT2D eigenvalue weighted by Gasteiger charge is -2.24. The van der Waals surface area contributed by atoms with E-state index in [1.807, 2.05) is 0 Å². The highest BCUT2D eigenvalue weighted by atomic mass is 16.1. The second kappa shape index (κ2) is 4.49. The third-order valence-electron chi connectivity index (χ3n) is 3.67. The van der Waals surface area contributed by atoms with Crippen LogP contribution in [0.5, 0.6) is 0 Å². The van der Waals surface area contributed by atoms with Crippen molar-refractivity contribution in [3.8, 4) is 0 Å². The van der Waals surface area contributed by atoms with Crippen LogP contribution in [-0.4, -0.2) is 16.0 Å². The highest BCUT2D eigenvalue weighted by Gasteiger charge is 2.20. The van der Waals surface area contributed by atoms with Crippen molar-refractivity contribution in [1.82, 2.24) is 15.3 Å². The highest BCUT2D eigenvalue weighted by Crippen LogP contribution is 2.24. The van der Waals surface area contributed by atoms with Gasteiger partial charge in [-0.1, -0.05) is 19.3 Å². The van der Waals surface area contributed by atoms with Crippen LogP contribution in [0.25, 0.3) is 0 Å². The fraction of sp³-hybridized carbons (Fsp3) is 0.667. The largest absolute Gasteiger partial charge is 0.367 e. The molecule has 3 N–H and O–H groups in total. The number of aromatic nitrogens is 2. The van der Waals surface area contributed by atoms with Crippen LogP contribution in [0.3, 0.4) is 0 Å². The Kier molecular flexibility index (Phi) is 2.84. The van der Waals surface area contributed by atoms with Gasteiger partial charge in [0, 0.05) is 30.4 Å².